The van der Waals surface area contributed by atoms with Crippen LogP contribution in [0.15, 0.2) is 18.2 Å². The molecule has 0 aromatic heterocycles. The number of ketones is 1. The highest BCUT2D eigenvalue weighted by Crippen LogP contribution is 2.18. The number of rotatable bonds is 5. The lowest BCUT2D eigenvalue weighted by atomic mass is 9.99. The largest absolute Gasteiger partial charge is 0.353 e. The number of carbonyl (C=O) groups is 2. The zero-order chi connectivity index (χ0) is 14.5. The van der Waals surface area contributed by atoms with Gasteiger partial charge in [0.25, 0.3) is 0 Å². The first-order chi connectivity index (χ1) is 9.56. The third-order valence-corrected chi connectivity index (χ3v) is 3.99. The third-order valence-electron chi connectivity index (χ3n) is 3.99. The lowest BCUT2D eigenvalue weighted by Gasteiger charge is -2.11. The van der Waals surface area contributed by atoms with Crippen molar-refractivity contribution in [2.45, 2.75) is 58.4 Å². The summed E-state index contributed by atoms with van der Waals surface area (Å²) < 4.78 is 0. The molecule has 1 aliphatic carbocycles. The van der Waals surface area contributed by atoms with Crippen molar-refractivity contribution in [1.29, 1.82) is 0 Å². The minimum atomic E-state index is 0.00977. The summed E-state index contributed by atoms with van der Waals surface area (Å²) in [6.45, 7) is 3.91. The number of aryl methyl sites for hydroxylation is 2. The molecule has 0 heterocycles. The summed E-state index contributed by atoms with van der Waals surface area (Å²) in [7, 11) is 0. The van der Waals surface area contributed by atoms with Crippen LogP contribution in [0.4, 0.5) is 0 Å². The van der Waals surface area contributed by atoms with Crippen LogP contribution in [-0.4, -0.2) is 17.7 Å². The van der Waals surface area contributed by atoms with E-state index in [1.807, 2.05) is 32.0 Å². The van der Waals surface area contributed by atoms with Gasteiger partial charge >= 0.3 is 0 Å². The average molecular weight is 273 g/mol. The molecule has 0 saturated heterocycles. The molecule has 0 unspecified atom stereocenters. The number of hydrogen-bond donors (Lipinski definition) is 1. The van der Waals surface area contributed by atoms with Gasteiger partial charge in [-0.15, -0.1) is 0 Å². The standard InChI is InChI=1S/C17H23NO2/c1-12-7-8-13(2)15(11-12)16(19)9-10-17(20)18-14-5-3-4-6-14/h7-8,11,14H,3-6,9-10H2,1-2H3,(H,18,20). The van der Waals surface area contributed by atoms with Gasteiger partial charge in [0.05, 0.1) is 0 Å². The Hall–Kier alpha value is -1.64. The van der Waals surface area contributed by atoms with E-state index in [1.54, 1.807) is 0 Å². The van der Waals surface area contributed by atoms with Crippen molar-refractivity contribution in [2.24, 2.45) is 0 Å². The van der Waals surface area contributed by atoms with Crippen molar-refractivity contribution in [3.05, 3.63) is 34.9 Å². The van der Waals surface area contributed by atoms with E-state index in [0.717, 1.165) is 29.5 Å². The molecule has 0 atom stereocenters. The third kappa shape index (κ3) is 3.92. The molecule has 1 aliphatic rings. The average Bonchev–Trinajstić information content (AvgIpc) is 2.91. The fraction of sp³-hybridized carbons (Fsp3) is 0.529. The fourth-order valence-electron chi connectivity index (χ4n) is 2.77. The van der Waals surface area contributed by atoms with Gasteiger partial charge in [-0.1, -0.05) is 30.5 Å². The van der Waals surface area contributed by atoms with Gasteiger partial charge in [-0.05, 0) is 38.3 Å². The maximum Gasteiger partial charge on any atom is 0.220 e. The van der Waals surface area contributed by atoms with E-state index in [0.29, 0.717) is 18.9 Å². The predicted molar refractivity (Wildman–Crippen MR) is 79.9 cm³/mol. The number of benzene rings is 1. The predicted octanol–water partition coefficient (Wildman–Crippen LogP) is 3.33. The smallest absolute Gasteiger partial charge is 0.220 e. The minimum Gasteiger partial charge on any atom is -0.353 e. The van der Waals surface area contributed by atoms with Crippen molar-refractivity contribution in [3.63, 3.8) is 0 Å². The Morgan fingerprint density at radius 2 is 1.85 bits per heavy atom. The Morgan fingerprint density at radius 1 is 1.15 bits per heavy atom. The summed E-state index contributed by atoms with van der Waals surface area (Å²) in [6, 6.07) is 6.20. The van der Waals surface area contributed by atoms with E-state index in [4.69, 9.17) is 0 Å². The first kappa shape index (κ1) is 14.8. The van der Waals surface area contributed by atoms with Crippen LogP contribution in [0, 0.1) is 13.8 Å². The van der Waals surface area contributed by atoms with E-state index < -0.39 is 0 Å². The summed E-state index contributed by atoms with van der Waals surface area (Å²) in [6.07, 6.45) is 5.15. The molecule has 108 valence electrons. The molecule has 1 amide bonds. The SMILES string of the molecule is Cc1ccc(C)c(C(=O)CCC(=O)NC2CCCC2)c1. The van der Waals surface area contributed by atoms with Gasteiger partial charge in [-0.25, -0.2) is 0 Å². The maximum absolute atomic E-state index is 12.2. The maximum atomic E-state index is 12.2. The van der Waals surface area contributed by atoms with Crippen molar-refractivity contribution in [2.75, 3.05) is 0 Å². The van der Waals surface area contributed by atoms with E-state index in [9.17, 15) is 9.59 Å². The van der Waals surface area contributed by atoms with Crippen LogP contribution in [0.3, 0.4) is 0 Å². The van der Waals surface area contributed by atoms with Gasteiger partial charge in [0, 0.05) is 24.4 Å². The van der Waals surface area contributed by atoms with Crippen molar-refractivity contribution in [3.8, 4) is 0 Å². The lowest BCUT2D eigenvalue weighted by Crippen LogP contribution is -2.32. The first-order valence-corrected chi connectivity index (χ1v) is 7.46. The highest BCUT2D eigenvalue weighted by Gasteiger charge is 2.18. The van der Waals surface area contributed by atoms with Crippen molar-refractivity contribution >= 4 is 11.7 Å². The van der Waals surface area contributed by atoms with Gasteiger partial charge in [-0.3, -0.25) is 9.59 Å². The molecule has 0 bridgehead atoms. The molecule has 0 aliphatic heterocycles. The van der Waals surface area contributed by atoms with Gasteiger partial charge in [0.2, 0.25) is 5.91 Å². The zero-order valence-electron chi connectivity index (χ0n) is 12.4. The van der Waals surface area contributed by atoms with Crippen LogP contribution in [-0.2, 0) is 4.79 Å². The molecule has 1 N–H and O–H groups in total. The Labute approximate surface area is 120 Å². The van der Waals surface area contributed by atoms with E-state index in [-0.39, 0.29) is 11.7 Å². The van der Waals surface area contributed by atoms with Crippen LogP contribution >= 0.6 is 0 Å². The van der Waals surface area contributed by atoms with Crippen LogP contribution < -0.4 is 5.32 Å². The van der Waals surface area contributed by atoms with Gasteiger partial charge in [0.15, 0.2) is 5.78 Å². The van der Waals surface area contributed by atoms with Crippen LogP contribution in [0.1, 0.15) is 60.0 Å². The topological polar surface area (TPSA) is 46.2 Å². The lowest BCUT2D eigenvalue weighted by molar-refractivity contribution is -0.121. The van der Waals surface area contributed by atoms with E-state index >= 15 is 0 Å². The van der Waals surface area contributed by atoms with Gasteiger partial charge < -0.3 is 5.32 Å². The minimum absolute atomic E-state index is 0.00977. The summed E-state index contributed by atoms with van der Waals surface area (Å²) in [5.41, 5.74) is 2.81. The molecule has 2 rings (SSSR count). The number of amides is 1. The molecule has 1 saturated carbocycles. The van der Waals surface area contributed by atoms with Crippen molar-refractivity contribution < 1.29 is 9.59 Å². The summed E-state index contributed by atoms with van der Waals surface area (Å²) in [4.78, 5) is 24.0. The molecule has 0 spiro atoms. The first-order valence-electron chi connectivity index (χ1n) is 7.46. The summed E-state index contributed by atoms with van der Waals surface area (Å²) in [5, 5.41) is 3.02. The number of hydrogen-bond acceptors (Lipinski definition) is 2. The monoisotopic (exact) mass is 273 g/mol. The molecule has 0 radical (unpaired) electrons. The van der Waals surface area contributed by atoms with Crippen LogP contribution in [0.2, 0.25) is 0 Å². The molecule has 1 aromatic carbocycles. The number of carbonyl (C=O) groups excluding carboxylic acids is 2. The van der Waals surface area contributed by atoms with Gasteiger partial charge in [0.1, 0.15) is 0 Å². The van der Waals surface area contributed by atoms with Crippen LogP contribution in [0.25, 0.3) is 0 Å². The Bertz CT molecular complexity index is 502. The second-order valence-electron chi connectivity index (χ2n) is 5.79. The highest BCUT2D eigenvalue weighted by atomic mass is 16.2. The summed E-state index contributed by atoms with van der Waals surface area (Å²) >= 11 is 0. The van der Waals surface area contributed by atoms with Crippen LogP contribution in [0.5, 0.6) is 0 Å². The molecular weight excluding hydrogens is 250 g/mol. The molecule has 1 fully saturated rings. The zero-order valence-corrected chi connectivity index (χ0v) is 12.4. The molecule has 20 heavy (non-hydrogen) atoms. The van der Waals surface area contributed by atoms with E-state index in [1.165, 1.54) is 12.8 Å². The molecule has 3 nitrogen and oxygen atoms in total. The Kier molecular flexibility index (Phi) is 4.94. The normalized spacial score (nSPS) is 15.3. The molecular formula is C17H23NO2. The second kappa shape index (κ2) is 6.69. The molecule has 3 heteroatoms. The second-order valence-corrected chi connectivity index (χ2v) is 5.79. The van der Waals surface area contributed by atoms with E-state index in [2.05, 4.69) is 5.32 Å². The quantitative estimate of drug-likeness (QED) is 0.836. The summed E-state index contributed by atoms with van der Waals surface area (Å²) in [5.74, 6) is 0.0725. The number of Topliss-reactive ketones (excluding diaryl/α,β-unsaturated/α-hetero) is 1. The number of nitrogens with one attached hydrogen (secondary N) is 1. The highest BCUT2D eigenvalue weighted by molar-refractivity contribution is 5.99. The Balaban J connectivity index is 1.85. The molecule has 1 aromatic rings. The van der Waals surface area contributed by atoms with Gasteiger partial charge in [-0.2, -0.15) is 0 Å². The Morgan fingerprint density at radius 3 is 2.55 bits per heavy atom. The fourth-order valence-corrected chi connectivity index (χ4v) is 2.77. The van der Waals surface area contributed by atoms with Crippen molar-refractivity contribution in [1.82, 2.24) is 5.32 Å².